The van der Waals surface area contributed by atoms with E-state index in [0.29, 0.717) is 32.4 Å². The van der Waals surface area contributed by atoms with Gasteiger partial charge in [-0.2, -0.15) is 0 Å². The van der Waals surface area contributed by atoms with Crippen molar-refractivity contribution in [1.82, 2.24) is 10.2 Å². The summed E-state index contributed by atoms with van der Waals surface area (Å²) in [5.74, 6) is -0.117. The van der Waals surface area contributed by atoms with Crippen molar-refractivity contribution in [2.75, 3.05) is 6.54 Å². The highest BCUT2D eigenvalue weighted by atomic mass is 79.9. The molecule has 3 rings (SSSR count). The van der Waals surface area contributed by atoms with E-state index in [2.05, 4.69) is 52.4 Å². The van der Waals surface area contributed by atoms with Crippen molar-refractivity contribution < 1.29 is 9.59 Å². The highest BCUT2D eigenvalue weighted by Crippen LogP contribution is 2.19. The lowest BCUT2D eigenvalue weighted by Gasteiger charge is -2.31. The molecule has 0 aliphatic heterocycles. The van der Waals surface area contributed by atoms with Crippen molar-refractivity contribution in [2.24, 2.45) is 0 Å². The molecular formula is C30H35BrN2O2. The molecule has 4 nitrogen and oxygen atoms in total. The number of benzene rings is 3. The van der Waals surface area contributed by atoms with Crippen LogP contribution in [0.15, 0.2) is 83.3 Å². The van der Waals surface area contributed by atoms with Crippen LogP contribution >= 0.6 is 15.9 Å². The van der Waals surface area contributed by atoms with Gasteiger partial charge in [0.1, 0.15) is 6.04 Å². The standard InChI is InChI=1S/C30H35BrN2O2/c1-3-20-32-30(35)28(21-25-8-6-5-7-9-25)33(22-26-14-17-27(31)18-15-26)29(34)19-16-24-12-10-23(4-2)11-13-24/h5-15,17-18,28H,3-4,16,19-22H2,1-2H3,(H,32,35)/t28-/m1/s1. The van der Waals surface area contributed by atoms with Gasteiger partial charge in [-0.1, -0.05) is 96.5 Å². The Morgan fingerprint density at radius 2 is 1.46 bits per heavy atom. The fourth-order valence-corrected chi connectivity index (χ4v) is 4.31. The van der Waals surface area contributed by atoms with Crippen LogP contribution in [0.1, 0.15) is 48.9 Å². The van der Waals surface area contributed by atoms with E-state index < -0.39 is 6.04 Å². The Morgan fingerprint density at radius 1 is 0.829 bits per heavy atom. The Bertz CT molecular complexity index is 1070. The van der Waals surface area contributed by atoms with Crippen molar-refractivity contribution in [3.63, 3.8) is 0 Å². The van der Waals surface area contributed by atoms with Gasteiger partial charge < -0.3 is 10.2 Å². The van der Waals surface area contributed by atoms with Crippen molar-refractivity contribution in [1.29, 1.82) is 0 Å². The highest BCUT2D eigenvalue weighted by Gasteiger charge is 2.30. The average molecular weight is 536 g/mol. The summed E-state index contributed by atoms with van der Waals surface area (Å²) in [5, 5.41) is 3.03. The molecule has 0 unspecified atom stereocenters. The molecule has 3 aromatic carbocycles. The van der Waals surface area contributed by atoms with E-state index in [4.69, 9.17) is 0 Å². The normalized spacial score (nSPS) is 11.6. The number of nitrogens with one attached hydrogen (secondary N) is 1. The third-order valence-corrected chi connectivity index (χ3v) is 6.67. The molecule has 35 heavy (non-hydrogen) atoms. The molecule has 0 aromatic heterocycles. The van der Waals surface area contributed by atoms with Gasteiger partial charge in [-0.15, -0.1) is 0 Å². The first-order valence-electron chi connectivity index (χ1n) is 12.4. The number of hydrogen-bond donors (Lipinski definition) is 1. The van der Waals surface area contributed by atoms with Crippen LogP contribution in [-0.4, -0.2) is 29.3 Å². The molecular weight excluding hydrogens is 500 g/mol. The lowest BCUT2D eigenvalue weighted by atomic mass is 10.0. The average Bonchev–Trinajstić information content (AvgIpc) is 2.89. The maximum Gasteiger partial charge on any atom is 0.243 e. The summed E-state index contributed by atoms with van der Waals surface area (Å²) in [6.45, 7) is 5.14. The van der Waals surface area contributed by atoms with Crippen LogP contribution in [0.2, 0.25) is 0 Å². The van der Waals surface area contributed by atoms with E-state index in [1.165, 1.54) is 5.56 Å². The van der Waals surface area contributed by atoms with Gasteiger partial charge in [0.25, 0.3) is 0 Å². The zero-order valence-electron chi connectivity index (χ0n) is 20.7. The van der Waals surface area contributed by atoms with Crippen molar-refractivity contribution in [3.8, 4) is 0 Å². The van der Waals surface area contributed by atoms with Crippen LogP contribution in [0, 0.1) is 0 Å². The number of nitrogens with zero attached hydrogens (tertiary/aromatic N) is 1. The molecule has 0 saturated carbocycles. The number of carbonyl (C=O) groups is 2. The molecule has 0 aliphatic rings. The lowest BCUT2D eigenvalue weighted by molar-refractivity contribution is -0.141. The van der Waals surface area contributed by atoms with Gasteiger partial charge in [0.2, 0.25) is 11.8 Å². The van der Waals surface area contributed by atoms with E-state index in [0.717, 1.165) is 34.0 Å². The summed E-state index contributed by atoms with van der Waals surface area (Å²) in [5.41, 5.74) is 4.45. The summed E-state index contributed by atoms with van der Waals surface area (Å²) < 4.78 is 0.983. The lowest BCUT2D eigenvalue weighted by Crippen LogP contribution is -2.50. The molecule has 0 bridgehead atoms. The molecule has 0 aliphatic carbocycles. The summed E-state index contributed by atoms with van der Waals surface area (Å²) in [4.78, 5) is 28.8. The maximum atomic E-state index is 13.7. The summed E-state index contributed by atoms with van der Waals surface area (Å²) in [6.07, 6.45) is 3.32. The summed E-state index contributed by atoms with van der Waals surface area (Å²) >= 11 is 3.48. The molecule has 0 heterocycles. The molecule has 1 N–H and O–H groups in total. The number of aryl methyl sites for hydroxylation is 2. The van der Waals surface area contributed by atoms with Crippen LogP contribution in [-0.2, 0) is 35.4 Å². The van der Waals surface area contributed by atoms with Crippen LogP contribution in [0.4, 0.5) is 0 Å². The smallest absolute Gasteiger partial charge is 0.243 e. The SMILES string of the molecule is CCCNC(=O)[C@@H](Cc1ccccc1)N(Cc1ccc(Br)cc1)C(=O)CCc1ccc(CC)cc1. The van der Waals surface area contributed by atoms with Crippen LogP contribution in [0.25, 0.3) is 0 Å². The highest BCUT2D eigenvalue weighted by molar-refractivity contribution is 9.10. The van der Waals surface area contributed by atoms with Crippen LogP contribution in [0.3, 0.4) is 0 Å². The van der Waals surface area contributed by atoms with Crippen LogP contribution < -0.4 is 5.32 Å². The summed E-state index contributed by atoms with van der Waals surface area (Å²) in [7, 11) is 0. The number of carbonyl (C=O) groups excluding carboxylic acids is 2. The van der Waals surface area contributed by atoms with Gasteiger partial charge >= 0.3 is 0 Å². The van der Waals surface area contributed by atoms with E-state index in [9.17, 15) is 9.59 Å². The Balaban J connectivity index is 1.86. The summed E-state index contributed by atoms with van der Waals surface area (Å²) in [6, 6.07) is 25.7. The number of rotatable bonds is 12. The second kappa shape index (κ2) is 13.8. The van der Waals surface area contributed by atoms with Crippen molar-refractivity contribution in [3.05, 3.63) is 106 Å². The molecule has 0 spiro atoms. The zero-order chi connectivity index (χ0) is 25.0. The molecule has 184 valence electrons. The fourth-order valence-electron chi connectivity index (χ4n) is 4.04. The Hall–Kier alpha value is -2.92. The molecule has 0 saturated heterocycles. The monoisotopic (exact) mass is 534 g/mol. The number of halogens is 1. The Labute approximate surface area is 217 Å². The Kier molecular flexibility index (Phi) is 10.5. The molecule has 5 heteroatoms. The number of amides is 2. The first-order valence-corrected chi connectivity index (χ1v) is 13.2. The molecule has 0 fully saturated rings. The minimum absolute atomic E-state index is 0.0138. The first kappa shape index (κ1) is 26.7. The van der Waals surface area contributed by atoms with Crippen molar-refractivity contribution >= 4 is 27.7 Å². The predicted molar refractivity (Wildman–Crippen MR) is 146 cm³/mol. The fraction of sp³-hybridized carbons (Fsp3) is 0.333. The minimum atomic E-state index is -0.581. The minimum Gasteiger partial charge on any atom is -0.354 e. The molecule has 0 radical (unpaired) electrons. The van der Waals surface area contributed by atoms with Gasteiger partial charge in [-0.05, 0) is 53.6 Å². The third kappa shape index (κ3) is 8.36. The molecule has 1 atom stereocenters. The molecule has 2 amide bonds. The maximum absolute atomic E-state index is 13.7. The third-order valence-electron chi connectivity index (χ3n) is 6.15. The predicted octanol–water partition coefficient (Wildman–Crippen LogP) is 6.11. The quantitative estimate of drug-likeness (QED) is 0.304. The second-order valence-corrected chi connectivity index (χ2v) is 9.73. The topological polar surface area (TPSA) is 49.4 Å². The van der Waals surface area contributed by atoms with Gasteiger partial charge in [-0.25, -0.2) is 0 Å². The molecule has 3 aromatic rings. The van der Waals surface area contributed by atoms with E-state index in [1.54, 1.807) is 4.90 Å². The second-order valence-electron chi connectivity index (χ2n) is 8.81. The van der Waals surface area contributed by atoms with E-state index >= 15 is 0 Å². The van der Waals surface area contributed by atoms with Gasteiger partial charge in [0.05, 0.1) is 0 Å². The number of hydrogen-bond acceptors (Lipinski definition) is 2. The van der Waals surface area contributed by atoms with E-state index in [1.807, 2.05) is 61.5 Å². The van der Waals surface area contributed by atoms with Crippen LogP contribution in [0.5, 0.6) is 0 Å². The van der Waals surface area contributed by atoms with E-state index in [-0.39, 0.29) is 11.8 Å². The van der Waals surface area contributed by atoms with Gasteiger partial charge in [-0.3, -0.25) is 9.59 Å². The zero-order valence-corrected chi connectivity index (χ0v) is 22.3. The van der Waals surface area contributed by atoms with Crippen molar-refractivity contribution in [2.45, 2.75) is 58.5 Å². The Morgan fingerprint density at radius 3 is 2.09 bits per heavy atom. The largest absolute Gasteiger partial charge is 0.354 e. The van der Waals surface area contributed by atoms with Gasteiger partial charge in [0, 0.05) is 30.4 Å². The van der Waals surface area contributed by atoms with Gasteiger partial charge in [0.15, 0.2) is 0 Å². The first-order chi connectivity index (χ1) is 17.0.